The third kappa shape index (κ3) is 4.30. The Morgan fingerprint density at radius 1 is 1.12 bits per heavy atom. The van der Waals surface area contributed by atoms with Crippen molar-refractivity contribution < 1.29 is 4.74 Å². The highest BCUT2D eigenvalue weighted by Gasteiger charge is 1.92. The number of nitrogens with zero attached hydrogens (tertiary/aromatic N) is 2. The molecule has 0 fully saturated rings. The van der Waals surface area contributed by atoms with E-state index in [1.165, 1.54) is 0 Å². The summed E-state index contributed by atoms with van der Waals surface area (Å²) in [5.41, 5.74) is 1.03. The molecule has 0 saturated heterocycles. The van der Waals surface area contributed by atoms with Crippen LogP contribution in [-0.4, -0.2) is 6.61 Å². The molecule has 3 heteroatoms. The molecule has 0 atom stereocenters. The van der Waals surface area contributed by atoms with Gasteiger partial charge in [0.1, 0.15) is 12.4 Å². The van der Waals surface area contributed by atoms with Crippen LogP contribution in [0.3, 0.4) is 0 Å². The van der Waals surface area contributed by atoms with Crippen molar-refractivity contribution in [3.05, 3.63) is 35.9 Å². The first-order valence-corrected chi connectivity index (χ1v) is 5.00. The quantitative estimate of drug-likeness (QED) is 0.705. The summed E-state index contributed by atoms with van der Waals surface area (Å²) in [5.74, 6) is 0.757. The second-order valence-electron chi connectivity index (χ2n) is 3.09. The van der Waals surface area contributed by atoms with Gasteiger partial charge in [0.15, 0.2) is 0 Å². The van der Waals surface area contributed by atoms with Crippen LogP contribution in [0.4, 0.5) is 0 Å². The van der Waals surface area contributed by atoms with Gasteiger partial charge in [0.25, 0.3) is 0 Å². The van der Waals surface area contributed by atoms with Crippen LogP contribution in [0.15, 0.2) is 30.3 Å². The zero-order chi connectivity index (χ0) is 11.6. The number of ether oxygens (including phenoxy) is 1. The van der Waals surface area contributed by atoms with Gasteiger partial charge in [-0.15, -0.1) is 0 Å². The Balaban J connectivity index is 2.49. The van der Waals surface area contributed by atoms with Crippen LogP contribution < -0.4 is 4.74 Å². The van der Waals surface area contributed by atoms with Crippen LogP contribution in [0.5, 0.6) is 5.75 Å². The second kappa shape index (κ2) is 7.09. The van der Waals surface area contributed by atoms with Crippen molar-refractivity contribution in [3.63, 3.8) is 0 Å². The van der Waals surface area contributed by atoms with Crippen molar-refractivity contribution in [2.75, 3.05) is 6.61 Å². The summed E-state index contributed by atoms with van der Waals surface area (Å²) in [7, 11) is 0. The normalized spacial score (nSPS) is 9.62. The zero-order valence-electron chi connectivity index (χ0n) is 8.89. The molecule has 0 aliphatic rings. The number of rotatable bonds is 5. The van der Waals surface area contributed by atoms with Gasteiger partial charge in [0.2, 0.25) is 0 Å². The molecule has 0 heterocycles. The average Bonchev–Trinajstić information content (AvgIpc) is 2.32. The molecule has 0 N–H and O–H groups in total. The van der Waals surface area contributed by atoms with E-state index in [1.807, 2.05) is 48.6 Å². The molecular weight excluding hydrogens is 200 g/mol. The minimum Gasteiger partial charge on any atom is -0.493 e. The first-order valence-electron chi connectivity index (χ1n) is 5.00. The summed E-state index contributed by atoms with van der Waals surface area (Å²) in [6.45, 7) is 0.417. The van der Waals surface area contributed by atoms with Crippen LogP contribution in [0, 0.1) is 22.7 Å². The summed E-state index contributed by atoms with van der Waals surface area (Å²) < 4.78 is 5.33. The third-order valence-corrected chi connectivity index (χ3v) is 1.88. The van der Waals surface area contributed by atoms with Crippen molar-refractivity contribution >= 4 is 6.08 Å². The standard InChI is InChI=1S/C13H12N2O/c14-9-2-1-4-12-5-7-13(8-6-12)16-11-3-10-15/h1,4-8H,2-3,11H2. The van der Waals surface area contributed by atoms with Gasteiger partial charge in [-0.05, 0) is 17.7 Å². The predicted octanol–water partition coefficient (Wildman–Crippen LogP) is 2.91. The number of nitriles is 2. The lowest BCUT2D eigenvalue weighted by Gasteiger charge is -2.03. The molecule has 1 aromatic rings. The van der Waals surface area contributed by atoms with Gasteiger partial charge < -0.3 is 4.74 Å². The maximum absolute atomic E-state index is 8.36. The van der Waals surface area contributed by atoms with E-state index < -0.39 is 0 Å². The maximum Gasteiger partial charge on any atom is 0.119 e. The molecule has 1 aromatic carbocycles. The summed E-state index contributed by atoms with van der Waals surface area (Å²) >= 11 is 0. The highest BCUT2D eigenvalue weighted by Crippen LogP contribution is 2.13. The zero-order valence-corrected chi connectivity index (χ0v) is 8.89. The number of allylic oxidation sites excluding steroid dienone is 1. The molecule has 0 saturated carbocycles. The lowest BCUT2D eigenvalue weighted by molar-refractivity contribution is 0.326. The van der Waals surface area contributed by atoms with Gasteiger partial charge in [-0.25, -0.2) is 0 Å². The highest BCUT2D eigenvalue weighted by molar-refractivity contribution is 5.50. The van der Waals surface area contributed by atoms with Crippen molar-refractivity contribution in [1.82, 2.24) is 0 Å². The van der Waals surface area contributed by atoms with E-state index in [9.17, 15) is 0 Å². The van der Waals surface area contributed by atoms with Gasteiger partial charge in [0.05, 0.1) is 25.0 Å². The van der Waals surface area contributed by atoms with Crippen LogP contribution in [0.25, 0.3) is 6.08 Å². The average molecular weight is 212 g/mol. The van der Waals surface area contributed by atoms with Crippen LogP contribution in [0.2, 0.25) is 0 Å². The molecule has 0 spiro atoms. The van der Waals surface area contributed by atoms with E-state index in [2.05, 4.69) is 0 Å². The predicted molar refractivity (Wildman–Crippen MR) is 61.4 cm³/mol. The van der Waals surface area contributed by atoms with Gasteiger partial charge in [0, 0.05) is 0 Å². The number of benzene rings is 1. The lowest BCUT2D eigenvalue weighted by atomic mass is 10.2. The minimum absolute atomic E-state index is 0.393. The van der Waals surface area contributed by atoms with Crippen molar-refractivity contribution in [2.45, 2.75) is 12.8 Å². The minimum atomic E-state index is 0.393. The van der Waals surface area contributed by atoms with E-state index in [0.717, 1.165) is 11.3 Å². The Morgan fingerprint density at radius 3 is 2.50 bits per heavy atom. The Bertz CT molecular complexity index is 421. The van der Waals surface area contributed by atoms with Crippen molar-refractivity contribution in [2.24, 2.45) is 0 Å². The second-order valence-corrected chi connectivity index (χ2v) is 3.09. The van der Waals surface area contributed by atoms with Gasteiger partial charge >= 0.3 is 0 Å². The molecule has 0 amide bonds. The summed E-state index contributed by atoms with van der Waals surface area (Å²) in [5, 5.41) is 16.7. The highest BCUT2D eigenvalue weighted by atomic mass is 16.5. The van der Waals surface area contributed by atoms with Crippen molar-refractivity contribution in [3.8, 4) is 17.9 Å². The number of hydrogen-bond donors (Lipinski definition) is 0. The van der Waals surface area contributed by atoms with Gasteiger partial charge in [-0.1, -0.05) is 24.3 Å². The summed E-state index contributed by atoms with van der Waals surface area (Å²) in [6, 6.07) is 11.6. The maximum atomic E-state index is 8.36. The molecular formula is C13H12N2O. The largest absolute Gasteiger partial charge is 0.493 e. The molecule has 0 unspecified atom stereocenters. The Morgan fingerprint density at radius 2 is 1.88 bits per heavy atom. The SMILES string of the molecule is N#CCC=Cc1ccc(OCCC#N)cc1. The van der Waals surface area contributed by atoms with Gasteiger partial charge in [-0.3, -0.25) is 0 Å². The Labute approximate surface area is 95.2 Å². The van der Waals surface area contributed by atoms with Gasteiger partial charge in [-0.2, -0.15) is 10.5 Å². The molecule has 0 aromatic heterocycles. The topological polar surface area (TPSA) is 56.8 Å². The molecule has 16 heavy (non-hydrogen) atoms. The molecule has 80 valence electrons. The van der Waals surface area contributed by atoms with Crippen LogP contribution in [-0.2, 0) is 0 Å². The van der Waals surface area contributed by atoms with E-state index in [1.54, 1.807) is 0 Å². The number of hydrogen-bond acceptors (Lipinski definition) is 3. The lowest BCUT2D eigenvalue weighted by Crippen LogP contribution is -1.95. The first kappa shape index (κ1) is 11.8. The first-order chi connectivity index (χ1) is 7.86. The molecule has 0 aliphatic carbocycles. The van der Waals surface area contributed by atoms with E-state index in [0.29, 0.717) is 19.4 Å². The third-order valence-electron chi connectivity index (χ3n) is 1.88. The van der Waals surface area contributed by atoms with Crippen LogP contribution >= 0.6 is 0 Å². The van der Waals surface area contributed by atoms with Crippen molar-refractivity contribution in [1.29, 1.82) is 10.5 Å². The fraction of sp³-hybridized carbons (Fsp3) is 0.231. The smallest absolute Gasteiger partial charge is 0.119 e. The molecule has 0 bridgehead atoms. The monoisotopic (exact) mass is 212 g/mol. The molecule has 1 rings (SSSR count). The summed E-state index contributed by atoms with van der Waals surface area (Å²) in [4.78, 5) is 0. The molecule has 3 nitrogen and oxygen atoms in total. The molecule has 0 radical (unpaired) electrons. The van der Waals surface area contributed by atoms with Crippen LogP contribution in [0.1, 0.15) is 18.4 Å². The fourth-order valence-corrected chi connectivity index (χ4v) is 1.14. The fourth-order valence-electron chi connectivity index (χ4n) is 1.14. The summed E-state index contributed by atoms with van der Waals surface area (Å²) in [6.07, 6.45) is 4.51. The van der Waals surface area contributed by atoms with E-state index in [4.69, 9.17) is 15.3 Å². The Hall–Kier alpha value is -2.26. The van der Waals surface area contributed by atoms with E-state index >= 15 is 0 Å². The molecule has 0 aliphatic heterocycles. The van der Waals surface area contributed by atoms with E-state index in [-0.39, 0.29) is 0 Å². The Kier molecular flexibility index (Phi) is 5.23.